The maximum absolute atomic E-state index is 13.9. The van der Waals surface area contributed by atoms with Crippen molar-refractivity contribution in [2.75, 3.05) is 10.2 Å². The molecule has 0 bridgehead atoms. The molecule has 8 heteroatoms. The third kappa shape index (κ3) is 4.32. The second-order valence-corrected chi connectivity index (χ2v) is 9.73. The van der Waals surface area contributed by atoms with Crippen LogP contribution in [0.2, 0.25) is 0 Å². The molecular weight excluding hydrogens is 491 g/mol. The maximum Gasteiger partial charge on any atom is 0.417 e. The zero-order valence-corrected chi connectivity index (χ0v) is 20.9. The number of aromatic nitrogens is 1. The number of rotatable bonds is 4. The molecule has 0 spiro atoms. The summed E-state index contributed by atoms with van der Waals surface area (Å²) in [5.74, 6) is -0.629. The van der Waals surface area contributed by atoms with E-state index in [4.69, 9.17) is 0 Å². The van der Waals surface area contributed by atoms with Crippen LogP contribution in [0.3, 0.4) is 0 Å². The molecule has 0 atom stereocenters. The van der Waals surface area contributed by atoms with Gasteiger partial charge in [-0.05, 0) is 79.9 Å². The van der Waals surface area contributed by atoms with Gasteiger partial charge in [0.15, 0.2) is 0 Å². The van der Waals surface area contributed by atoms with E-state index in [0.29, 0.717) is 33.9 Å². The molecule has 0 aliphatic carbocycles. The molecule has 2 heterocycles. The summed E-state index contributed by atoms with van der Waals surface area (Å²) in [6.07, 6.45) is -3.14. The summed E-state index contributed by atoms with van der Waals surface area (Å²) in [5, 5.41) is 2.57. The fraction of sp³-hybridized carbons (Fsp3) is 0.167. The molecule has 0 radical (unpaired) electrons. The number of aryl methyl sites for hydroxylation is 1. The van der Waals surface area contributed by atoms with Crippen molar-refractivity contribution in [2.45, 2.75) is 32.4 Å². The fourth-order valence-corrected chi connectivity index (χ4v) is 4.82. The number of carbonyl (C=O) groups is 2. The van der Waals surface area contributed by atoms with E-state index >= 15 is 0 Å². The minimum Gasteiger partial charge on any atom is -0.322 e. The van der Waals surface area contributed by atoms with E-state index in [1.54, 1.807) is 80.7 Å². The Hall–Kier alpha value is -4.46. The van der Waals surface area contributed by atoms with Crippen LogP contribution in [-0.4, -0.2) is 16.8 Å². The van der Waals surface area contributed by atoms with Gasteiger partial charge in [-0.15, -0.1) is 0 Å². The van der Waals surface area contributed by atoms with Crippen molar-refractivity contribution >= 4 is 29.0 Å². The Balaban J connectivity index is 1.64. The van der Waals surface area contributed by atoms with Crippen LogP contribution < -0.4 is 10.2 Å². The third-order valence-electron chi connectivity index (χ3n) is 6.71. The lowest BCUT2D eigenvalue weighted by atomic mass is 9.81. The summed E-state index contributed by atoms with van der Waals surface area (Å²) >= 11 is 0. The van der Waals surface area contributed by atoms with Gasteiger partial charge < -0.3 is 5.32 Å². The minimum absolute atomic E-state index is 0.206. The summed E-state index contributed by atoms with van der Waals surface area (Å²) in [6, 6.07) is 20.8. The Bertz CT molecular complexity index is 1550. The average molecular weight is 516 g/mol. The molecule has 4 aromatic rings. The highest BCUT2D eigenvalue weighted by atomic mass is 19.4. The molecule has 0 saturated heterocycles. The standard InChI is InChI=1S/C30H24F3N3O2/c1-18-10-13-20(14-11-18)35-27(37)22-17-19(12-15-23(22)30(31,32)33)21-7-6-8-24-26(21)29(2,3)28(38)36(24)25-9-4-5-16-34-25/h4-17H,1-3H3,(H,35,37). The van der Waals surface area contributed by atoms with Crippen LogP contribution in [0.5, 0.6) is 0 Å². The predicted molar refractivity (Wildman–Crippen MR) is 140 cm³/mol. The first-order valence-corrected chi connectivity index (χ1v) is 12.0. The quantitative estimate of drug-likeness (QED) is 0.311. The molecule has 38 heavy (non-hydrogen) atoms. The number of hydrogen-bond donors (Lipinski definition) is 1. The zero-order chi connectivity index (χ0) is 27.2. The first-order valence-electron chi connectivity index (χ1n) is 12.0. The van der Waals surface area contributed by atoms with Crippen LogP contribution in [-0.2, 0) is 16.4 Å². The number of fused-ring (bicyclic) bond motifs is 1. The molecule has 1 aliphatic heterocycles. The number of nitrogens with one attached hydrogen (secondary N) is 1. The van der Waals surface area contributed by atoms with E-state index in [2.05, 4.69) is 10.3 Å². The smallest absolute Gasteiger partial charge is 0.322 e. The van der Waals surface area contributed by atoms with Gasteiger partial charge in [0.2, 0.25) is 5.91 Å². The first-order chi connectivity index (χ1) is 18.0. The summed E-state index contributed by atoms with van der Waals surface area (Å²) < 4.78 is 41.8. The first kappa shape index (κ1) is 25.2. The molecule has 5 nitrogen and oxygen atoms in total. The Kier molecular flexibility index (Phi) is 6.06. The number of pyridine rings is 1. The van der Waals surface area contributed by atoms with E-state index in [0.717, 1.165) is 11.6 Å². The van der Waals surface area contributed by atoms with E-state index in [1.807, 2.05) is 6.92 Å². The van der Waals surface area contributed by atoms with Crippen LogP contribution in [0.4, 0.5) is 30.4 Å². The van der Waals surface area contributed by atoms with Gasteiger partial charge in [-0.2, -0.15) is 13.2 Å². The van der Waals surface area contributed by atoms with Crippen molar-refractivity contribution in [3.05, 3.63) is 107 Å². The normalized spacial score (nSPS) is 14.4. The molecule has 2 amide bonds. The summed E-state index contributed by atoms with van der Waals surface area (Å²) in [7, 11) is 0. The number of alkyl halides is 3. The summed E-state index contributed by atoms with van der Waals surface area (Å²) in [5.41, 5.74) is 1.03. The number of halogens is 3. The molecule has 3 aromatic carbocycles. The largest absolute Gasteiger partial charge is 0.417 e. The number of amides is 2. The molecule has 192 valence electrons. The SMILES string of the molecule is Cc1ccc(NC(=O)c2cc(-c3cccc4c3C(C)(C)C(=O)N4c3ccccn3)ccc2C(F)(F)F)cc1. The average Bonchev–Trinajstić information content (AvgIpc) is 3.10. The van der Waals surface area contributed by atoms with Crippen LogP contribution >= 0.6 is 0 Å². The van der Waals surface area contributed by atoms with Crippen molar-refractivity contribution in [1.82, 2.24) is 4.98 Å². The van der Waals surface area contributed by atoms with E-state index in [1.165, 1.54) is 17.0 Å². The lowest BCUT2D eigenvalue weighted by Gasteiger charge is -2.21. The molecule has 0 unspecified atom stereocenters. The van der Waals surface area contributed by atoms with E-state index < -0.39 is 28.6 Å². The number of benzene rings is 3. The summed E-state index contributed by atoms with van der Waals surface area (Å²) in [4.78, 5) is 32.5. The lowest BCUT2D eigenvalue weighted by molar-refractivity contribution is -0.137. The van der Waals surface area contributed by atoms with Gasteiger partial charge in [0.25, 0.3) is 5.91 Å². The number of anilines is 3. The van der Waals surface area contributed by atoms with Crippen molar-refractivity contribution in [3.63, 3.8) is 0 Å². The molecule has 1 aromatic heterocycles. The summed E-state index contributed by atoms with van der Waals surface area (Å²) in [6.45, 7) is 5.42. The number of hydrogen-bond acceptors (Lipinski definition) is 3. The highest BCUT2D eigenvalue weighted by molar-refractivity contribution is 6.14. The predicted octanol–water partition coefficient (Wildman–Crippen LogP) is 7.28. The fourth-order valence-electron chi connectivity index (χ4n) is 4.82. The van der Waals surface area contributed by atoms with Crippen LogP contribution in [0.1, 0.15) is 40.9 Å². The van der Waals surface area contributed by atoms with E-state index in [9.17, 15) is 22.8 Å². The molecule has 0 saturated carbocycles. The number of nitrogens with zero attached hydrogens (tertiary/aromatic N) is 2. The molecule has 1 N–H and O–H groups in total. The van der Waals surface area contributed by atoms with Crippen molar-refractivity contribution in [2.24, 2.45) is 0 Å². The minimum atomic E-state index is -4.73. The van der Waals surface area contributed by atoms with Crippen molar-refractivity contribution < 1.29 is 22.8 Å². The molecular formula is C30H24F3N3O2. The topological polar surface area (TPSA) is 62.3 Å². The Morgan fingerprint density at radius 3 is 2.34 bits per heavy atom. The Labute approximate surface area is 218 Å². The van der Waals surface area contributed by atoms with Gasteiger partial charge in [-0.1, -0.05) is 42.0 Å². The molecule has 5 rings (SSSR count). The Morgan fingerprint density at radius 2 is 1.68 bits per heavy atom. The number of carbonyl (C=O) groups excluding carboxylic acids is 2. The van der Waals surface area contributed by atoms with Crippen LogP contribution in [0.25, 0.3) is 11.1 Å². The van der Waals surface area contributed by atoms with E-state index in [-0.39, 0.29) is 5.91 Å². The molecule has 1 aliphatic rings. The van der Waals surface area contributed by atoms with Crippen LogP contribution in [0.15, 0.2) is 85.1 Å². The molecule has 0 fully saturated rings. The monoisotopic (exact) mass is 515 g/mol. The lowest BCUT2D eigenvalue weighted by Crippen LogP contribution is -2.33. The highest BCUT2D eigenvalue weighted by Crippen LogP contribution is 2.49. The van der Waals surface area contributed by atoms with Crippen molar-refractivity contribution in [3.8, 4) is 11.1 Å². The van der Waals surface area contributed by atoms with Gasteiger partial charge in [0, 0.05) is 11.9 Å². The van der Waals surface area contributed by atoms with Gasteiger partial charge in [-0.25, -0.2) is 4.98 Å². The second-order valence-electron chi connectivity index (χ2n) is 9.73. The van der Waals surface area contributed by atoms with Gasteiger partial charge >= 0.3 is 6.18 Å². The van der Waals surface area contributed by atoms with Gasteiger partial charge in [-0.3, -0.25) is 14.5 Å². The van der Waals surface area contributed by atoms with Gasteiger partial charge in [0.05, 0.1) is 22.2 Å². The van der Waals surface area contributed by atoms with Gasteiger partial charge in [0.1, 0.15) is 5.82 Å². The third-order valence-corrected chi connectivity index (χ3v) is 6.71. The Morgan fingerprint density at radius 1 is 0.947 bits per heavy atom. The maximum atomic E-state index is 13.9. The highest BCUT2D eigenvalue weighted by Gasteiger charge is 2.46. The zero-order valence-electron chi connectivity index (χ0n) is 20.9. The second kappa shape index (κ2) is 9.13. The van der Waals surface area contributed by atoms with Crippen LogP contribution in [0, 0.1) is 6.92 Å². The van der Waals surface area contributed by atoms with Crippen molar-refractivity contribution in [1.29, 1.82) is 0 Å².